The Morgan fingerprint density at radius 1 is 1.17 bits per heavy atom. The van der Waals surface area contributed by atoms with E-state index in [4.69, 9.17) is 5.11 Å². The largest absolute Gasteiger partial charge is 0.477 e. The van der Waals surface area contributed by atoms with E-state index >= 15 is 0 Å². The summed E-state index contributed by atoms with van der Waals surface area (Å²) in [5.74, 6) is -1.43. The van der Waals surface area contributed by atoms with Gasteiger partial charge in [-0.15, -0.1) is 0 Å². The molecule has 1 aromatic heterocycles. The molecule has 92 valence electrons. The summed E-state index contributed by atoms with van der Waals surface area (Å²) >= 11 is 0. The van der Waals surface area contributed by atoms with Crippen molar-refractivity contribution >= 4 is 11.8 Å². The van der Waals surface area contributed by atoms with Crippen LogP contribution in [0.3, 0.4) is 0 Å². The molecule has 5 nitrogen and oxygen atoms in total. The maximum atomic E-state index is 12.1. The number of nitrogens with one attached hydrogen (secondary N) is 1. The molecule has 18 heavy (non-hydrogen) atoms. The van der Waals surface area contributed by atoms with E-state index < -0.39 is 5.97 Å². The third-order valence-corrected chi connectivity index (χ3v) is 2.81. The number of aromatic carboxylic acids is 1. The van der Waals surface area contributed by atoms with Gasteiger partial charge in [-0.3, -0.25) is 9.89 Å². The molecule has 0 unspecified atom stereocenters. The van der Waals surface area contributed by atoms with Crippen molar-refractivity contribution in [2.24, 2.45) is 0 Å². The number of aromatic amines is 1. The Balaban J connectivity index is 2.35. The summed E-state index contributed by atoms with van der Waals surface area (Å²) < 4.78 is 0. The first kappa shape index (κ1) is 12.0. The Morgan fingerprint density at radius 3 is 2.44 bits per heavy atom. The number of nitrogens with zero attached hydrogens (tertiary/aromatic N) is 1. The summed E-state index contributed by atoms with van der Waals surface area (Å²) in [6.45, 7) is 3.88. The van der Waals surface area contributed by atoms with Gasteiger partial charge in [0.05, 0.1) is 0 Å². The number of carboxylic acids is 1. The Bertz CT molecular complexity index is 629. The van der Waals surface area contributed by atoms with Gasteiger partial charge in [-0.1, -0.05) is 12.1 Å². The van der Waals surface area contributed by atoms with E-state index in [1.807, 2.05) is 19.9 Å². The lowest BCUT2D eigenvalue weighted by Gasteiger charge is -2.02. The summed E-state index contributed by atoms with van der Waals surface area (Å²) in [7, 11) is 0. The number of carbonyl (C=O) groups excluding carboxylic acids is 1. The lowest BCUT2D eigenvalue weighted by molar-refractivity contribution is 0.0690. The number of hydrogen-bond acceptors (Lipinski definition) is 3. The summed E-state index contributed by atoms with van der Waals surface area (Å²) in [4.78, 5) is 22.8. The molecule has 0 saturated carbocycles. The molecular weight excluding hydrogens is 232 g/mol. The molecule has 1 heterocycles. The van der Waals surface area contributed by atoms with Crippen molar-refractivity contribution in [3.05, 3.63) is 52.3 Å². The zero-order chi connectivity index (χ0) is 13.3. The van der Waals surface area contributed by atoms with Gasteiger partial charge >= 0.3 is 5.97 Å². The van der Waals surface area contributed by atoms with Gasteiger partial charge in [-0.05, 0) is 31.0 Å². The average Bonchev–Trinajstić information content (AvgIpc) is 2.81. The van der Waals surface area contributed by atoms with Crippen molar-refractivity contribution in [2.75, 3.05) is 0 Å². The zero-order valence-electron chi connectivity index (χ0n) is 10.0. The fourth-order valence-electron chi connectivity index (χ4n) is 1.58. The maximum absolute atomic E-state index is 12.1. The first-order valence-corrected chi connectivity index (χ1v) is 5.39. The molecular formula is C13H12N2O3. The van der Waals surface area contributed by atoms with Gasteiger partial charge in [-0.25, -0.2) is 4.79 Å². The Kier molecular flexibility index (Phi) is 2.97. The second-order valence-corrected chi connectivity index (χ2v) is 4.10. The van der Waals surface area contributed by atoms with Crippen molar-refractivity contribution in [3.63, 3.8) is 0 Å². The molecule has 0 radical (unpaired) electrons. The second-order valence-electron chi connectivity index (χ2n) is 4.10. The van der Waals surface area contributed by atoms with Gasteiger partial charge in [0.25, 0.3) is 0 Å². The van der Waals surface area contributed by atoms with Crippen LogP contribution in [0.4, 0.5) is 0 Å². The fourth-order valence-corrected chi connectivity index (χ4v) is 1.58. The van der Waals surface area contributed by atoms with Crippen LogP contribution in [0.5, 0.6) is 0 Å². The molecule has 5 heteroatoms. The van der Waals surface area contributed by atoms with Gasteiger partial charge < -0.3 is 5.11 Å². The molecule has 0 atom stereocenters. The molecule has 0 aliphatic heterocycles. The predicted octanol–water partition coefficient (Wildman–Crippen LogP) is 1.96. The number of benzene rings is 1. The lowest BCUT2D eigenvalue weighted by Crippen LogP contribution is -2.02. The van der Waals surface area contributed by atoms with Gasteiger partial charge in [0.15, 0.2) is 0 Å². The minimum absolute atomic E-state index is 0.0952. The average molecular weight is 244 g/mol. The van der Waals surface area contributed by atoms with Gasteiger partial charge in [0.1, 0.15) is 11.4 Å². The molecule has 0 fully saturated rings. The topological polar surface area (TPSA) is 83.0 Å². The smallest absolute Gasteiger partial charge is 0.353 e. The summed E-state index contributed by atoms with van der Waals surface area (Å²) in [5.41, 5.74) is 2.62. The molecule has 2 N–H and O–H groups in total. The van der Waals surface area contributed by atoms with E-state index in [9.17, 15) is 9.59 Å². The summed E-state index contributed by atoms with van der Waals surface area (Å²) in [6, 6.07) is 6.57. The lowest BCUT2D eigenvalue weighted by atomic mass is 10.0. The quantitative estimate of drug-likeness (QED) is 0.808. The number of carbonyl (C=O) groups is 2. The Hall–Kier alpha value is -2.43. The van der Waals surface area contributed by atoms with E-state index in [0.29, 0.717) is 5.56 Å². The Labute approximate surface area is 103 Å². The van der Waals surface area contributed by atoms with Crippen molar-refractivity contribution in [1.82, 2.24) is 10.2 Å². The van der Waals surface area contributed by atoms with Crippen molar-refractivity contribution in [1.29, 1.82) is 0 Å². The molecule has 0 aliphatic rings. The monoisotopic (exact) mass is 244 g/mol. The van der Waals surface area contributed by atoms with Crippen LogP contribution in [-0.4, -0.2) is 27.1 Å². The Morgan fingerprint density at radius 2 is 1.89 bits per heavy atom. The minimum atomic E-state index is -1.14. The highest BCUT2D eigenvalue weighted by Gasteiger charge is 2.15. The van der Waals surface area contributed by atoms with Gasteiger partial charge in [-0.2, -0.15) is 5.10 Å². The van der Waals surface area contributed by atoms with Crippen molar-refractivity contribution in [3.8, 4) is 0 Å². The van der Waals surface area contributed by atoms with E-state index in [2.05, 4.69) is 10.2 Å². The number of rotatable bonds is 3. The first-order chi connectivity index (χ1) is 8.49. The molecule has 2 aromatic rings. The van der Waals surface area contributed by atoms with Gasteiger partial charge in [0, 0.05) is 11.6 Å². The number of ketones is 1. The summed E-state index contributed by atoms with van der Waals surface area (Å²) in [5, 5.41) is 14.8. The number of H-pyrrole nitrogens is 1. The molecule has 0 aliphatic carbocycles. The van der Waals surface area contributed by atoms with Crippen LogP contribution in [0.1, 0.15) is 37.7 Å². The van der Waals surface area contributed by atoms with Gasteiger partial charge in [0.2, 0.25) is 5.78 Å². The number of aryl methyl sites for hydroxylation is 2. The minimum Gasteiger partial charge on any atom is -0.477 e. The van der Waals surface area contributed by atoms with Crippen LogP contribution in [0.25, 0.3) is 0 Å². The number of aromatic nitrogens is 2. The molecule has 0 bridgehead atoms. The third kappa shape index (κ3) is 2.15. The number of carboxylic acid groups (broad SMARTS) is 1. The van der Waals surface area contributed by atoms with Crippen LogP contribution in [-0.2, 0) is 0 Å². The third-order valence-electron chi connectivity index (χ3n) is 2.81. The summed E-state index contributed by atoms with van der Waals surface area (Å²) in [6.07, 6.45) is 0. The van der Waals surface area contributed by atoms with Crippen LogP contribution in [0.15, 0.2) is 24.3 Å². The first-order valence-electron chi connectivity index (χ1n) is 5.39. The standard InChI is InChI=1S/C13H12N2O3/c1-7-3-4-9(5-8(7)2)12(16)10-6-11(13(17)18)15-14-10/h3-6H,1-2H3,(H,14,15)(H,17,18). The molecule has 1 aromatic carbocycles. The molecule has 0 amide bonds. The highest BCUT2D eigenvalue weighted by molar-refractivity contribution is 6.08. The van der Waals surface area contributed by atoms with Crippen molar-refractivity contribution in [2.45, 2.75) is 13.8 Å². The van der Waals surface area contributed by atoms with Crippen LogP contribution < -0.4 is 0 Å². The highest BCUT2D eigenvalue weighted by atomic mass is 16.4. The van der Waals surface area contributed by atoms with E-state index in [1.54, 1.807) is 12.1 Å². The second kappa shape index (κ2) is 4.44. The van der Waals surface area contributed by atoms with Crippen LogP contribution in [0, 0.1) is 13.8 Å². The number of hydrogen-bond donors (Lipinski definition) is 2. The fraction of sp³-hybridized carbons (Fsp3) is 0.154. The van der Waals surface area contributed by atoms with Crippen LogP contribution in [0.2, 0.25) is 0 Å². The van der Waals surface area contributed by atoms with Crippen molar-refractivity contribution < 1.29 is 14.7 Å². The van der Waals surface area contributed by atoms with E-state index in [0.717, 1.165) is 11.1 Å². The predicted molar refractivity (Wildman–Crippen MR) is 64.9 cm³/mol. The molecule has 0 saturated heterocycles. The highest BCUT2D eigenvalue weighted by Crippen LogP contribution is 2.13. The SMILES string of the molecule is Cc1ccc(C(=O)c2cc(C(=O)O)[nH]n2)cc1C. The normalized spacial score (nSPS) is 10.3. The zero-order valence-corrected chi connectivity index (χ0v) is 10.0. The van der Waals surface area contributed by atoms with Crippen LogP contribution >= 0.6 is 0 Å². The maximum Gasteiger partial charge on any atom is 0.353 e. The molecule has 2 rings (SSSR count). The van der Waals surface area contributed by atoms with E-state index in [-0.39, 0.29) is 17.2 Å². The molecule has 0 spiro atoms. The van der Waals surface area contributed by atoms with E-state index in [1.165, 1.54) is 6.07 Å².